The Morgan fingerprint density at radius 1 is 1.31 bits per heavy atom. The van der Waals surface area contributed by atoms with Gasteiger partial charge in [-0.25, -0.2) is 9.78 Å². The van der Waals surface area contributed by atoms with Gasteiger partial charge in [-0.1, -0.05) is 25.3 Å². The zero-order valence-electron chi connectivity index (χ0n) is 16.5. The van der Waals surface area contributed by atoms with Crippen LogP contribution in [0.2, 0.25) is 0 Å². The normalized spacial score (nSPS) is 29.3. The van der Waals surface area contributed by atoms with Crippen molar-refractivity contribution in [3.8, 4) is 0 Å². The summed E-state index contributed by atoms with van der Waals surface area (Å²) in [5.74, 6) is -1.31. The Morgan fingerprint density at radius 2 is 2.03 bits per heavy atom. The van der Waals surface area contributed by atoms with Gasteiger partial charge in [0.15, 0.2) is 0 Å². The van der Waals surface area contributed by atoms with Crippen LogP contribution in [0.15, 0.2) is 17.0 Å². The average Bonchev–Trinajstić information content (AvgIpc) is 3.29. The van der Waals surface area contributed by atoms with Crippen LogP contribution < -0.4 is 5.32 Å². The molecule has 0 bridgehead atoms. The molecule has 2 aliphatic heterocycles. The molecule has 3 atom stereocenters. The Labute approximate surface area is 177 Å². The Morgan fingerprint density at radius 3 is 2.66 bits per heavy atom. The van der Waals surface area contributed by atoms with Crippen molar-refractivity contribution in [3.05, 3.63) is 22.7 Å². The molecule has 2 saturated heterocycles. The molecule has 4 rings (SSSR count). The molecule has 0 aromatic carbocycles. The summed E-state index contributed by atoms with van der Waals surface area (Å²) in [6, 6.07) is -1.58. The van der Waals surface area contributed by atoms with Crippen LogP contribution in [-0.4, -0.2) is 55.0 Å². The molecule has 0 radical (unpaired) electrons. The molecular formula is C20H25N3O4S2. The second-order valence-electron chi connectivity index (χ2n) is 8.40. The molecule has 7 nitrogen and oxygen atoms in total. The number of carboxylic acids is 1. The first-order valence-corrected chi connectivity index (χ1v) is 11.8. The number of thiazole rings is 1. The summed E-state index contributed by atoms with van der Waals surface area (Å²) < 4.78 is -0.610. The van der Waals surface area contributed by atoms with E-state index in [1.807, 2.05) is 25.3 Å². The van der Waals surface area contributed by atoms with E-state index in [-0.39, 0.29) is 17.2 Å². The topological polar surface area (TPSA) is 99.6 Å². The summed E-state index contributed by atoms with van der Waals surface area (Å²) in [6.07, 6.45) is 7.68. The van der Waals surface area contributed by atoms with E-state index >= 15 is 0 Å². The Hall–Kier alpha value is -1.87. The maximum atomic E-state index is 13.1. The molecule has 29 heavy (non-hydrogen) atoms. The van der Waals surface area contributed by atoms with Crippen LogP contribution in [-0.2, 0) is 14.4 Å². The first-order valence-electron chi connectivity index (χ1n) is 9.93. The van der Waals surface area contributed by atoms with Crippen molar-refractivity contribution in [2.75, 3.05) is 0 Å². The monoisotopic (exact) mass is 435 g/mol. The van der Waals surface area contributed by atoms with Crippen LogP contribution in [0.5, 0.6) is 0 Å². The molecule has 2 N–H and O–H groups in total. The maximum absolute atomic E-state index is 13.1. The summed E-state index contributed by atoms with van der Waals surface area (Å²) >= 11 is 2.86. The summed E-state index contributed by atoms with van der Waals surface area (Å²) in [5, 5.41) is 13.9. The van der Waals surface area contributed by atoms with Crippen LogP contribution in [0.1, 0.15) is 51.6 Å². The molecule has 0 spiro atoms. The maximum Gasteiger partial charge on any atom is 0.327 e. The van der Waals surface area contributed by atoms with E-state index in [4.69, 9.17) is 0 Å². The average molecular weight is 436 g/mol. The van der Waals surface area contributed by atoms with Gasteiger partial charge in [-0.05, 0) is 32.6 Å². The number of aliphatic carboxylic acids is 1. The second-order valence-corrected chi connectivity index (χ2v) is 10.9. The number of allylic oxidation sites excluding steroid dienone is 1. The number of carbonyl (C=O) groups is 3. The number of fused-ring (bicyclic) bond motifs is 1. The van der Waals surface area contributed by atoms with Crippen molar-refractivity contribution >= 4 is 46.5 Å². The minimum absolute atomic E-state index is 0.309. The number of rotatable bonds is 5. The number of carbonyl (C=O) groups excluding carboxylic acids is 2. The van der Waals surface area contributed by atoms with Crippen LogP contribution in [0.25, 0.3) is 5.57 Å². The molecule has 156 valence electrons. The van der Waals surface area contributed by atoms with Crippen LogP contribution >= 0.6 is 23.1 Å². The van der Waals surface area contributed by atoms with Gasteiger partial charge in [-0.15, -0.1) is 23.1 Å². The van der Waals surface area contributed by atoms with Crippen molar-refractivity contribution in [2.45, 2.75) is 68.2 Å². The number of nitrogens with zero attached hydrogens (tertiary/aromatic N) is 2. The number of nitrogens with one attached hydrogen (secondary N) is 1. The third-order valence-electron chi connectivity index (χ3n) is 5.97. The van der Waals surface area contributed by atoms with Gasteiger partial charge in [-0.3, -0.25) is 9.59 Å². The second kappa shape index (κ2) is 7.75. The zero-order valence-corrected chi connectivity index (χ0v) is 18.1. The van der Waals surface area contributed by atoms with E-state index in [0.717, 1.165) is 25.7 Å². The van der Waals surface area contributed by atoms with Crippen LogP contribution in [0, 0.1) is 5.92 Å². The van der Waals surface area contributed by atoms with Gasteiger partial charge in [-0.2, -0.15) is 0 Å². The molecule has 1 aromatic heterocycles. The third kappa shape index (κ3) is 3.70. The highest BCUT2D eigenvalue weighted by molar-refractivity contribution is 8.01. The first kappa shape index (κ1) is 20.4. The number of aromatic nitrogens is 1. The molecule has 2 amide bonds. The standard InChI is InChI=1S/C20H25N3O4S2/c1-20(2)15(19(26)27)23-17(25)14(18(23)29-20)22-16(24)12(13-9-28-10-21-13)8-11-6-4-3-5-7-11/h8-11,14-15,18H,3-7H2,1-2H3,(H,22,24)(H,26,27)/b12-8-/t14-,15+,18-/m1/s1. The Bertz CT molecular complexity index is 846. The number of amides is 2. The third-order valence-corrected chi connectivity index (χ3v) is 8.12. The van der Waals surface area contributed by atoms with Gasteiger partial charge in [0.25, 0.3) is 5.91 Å². The summed E-state index contributed by atoms with van der Waals surface area (Å²) in [6.45, 7) is 3.65. The van der Waals surface area contributed by atoms with Gasteiger partial charge in [0.1, 0.15) is 17.5 Å². The molecule has 3 heterocycles. The number of hydrogen-bond acceptors (Lipinski definition) is 6. The van der Waals surface area contributed by atoms with E-state index in [1.54, 1.807) is 5.51 Å². The number of carboxylic acid groups (broad SMARTS) is 1. The minimum atomic E-state index is -1.01. The van der Waals surface area contributed by atoms with Gasteiger partial charge in [0.2, 0.25) is 5.91 Å². The van der Waals surface area contributed by atoms with Crippen LogP contribution in [0.4, 0.5) is 0 Å². The fourth-order valence-corrected chi connectivity index (χ4v) is 6.70. The summed E-state index contributed by atoms with van der Waals surface area (Å²) in [5.41, 5.74) is 2.84. The lowest BCUT2D eigenvalue weighted by Gasteiger charge is -2.43. The van der Waals surface area contributed by atoms with E-state index < -0.39 is 22.8 Å². The highest BCUT2D eigenvalue weighted by Gasteiger charge is 2.64. The predicted octanol–water partition coefficient (Wildman–Crippen LogP) is 2.74. The van der Waals surface area contributed by atoms with Crippen molar-refractivity contribution < 1.29 is 19.5 Å². The number of hydrogen-bond donors (Lipinski definition) is 2. The van der Waals surface area contributed by atoms with Crippen LogP contribution in [0.3, 0.4) is 0 Å². The zero-order chi connectivity index (χ0) is 20.8. The summed E-state index contributed by atoms with van der Waals surface area (Å²) in [7, 11) is 0. The fraction of sp³-hybridized carbons (Fsp3) is 0.600. The molecular weight excluding hydrogens is 410 g/mol. The quantitative estimate of drug-likeness (QED) is 0.545. The van der Waals surface area contributed by atoms with E-state index in [9.17, 15) is 19.5 Å². The highest BCUT2D eigenvalue weighted by atomic mass is 32.2. The van der Waals surface area contributed by atoms with Crippen molar-refractivity contribution in [3.63, 3.8) is 0 Å². The SMILES string of the molecule is CC1(C)S[C@@H]2[C@H](NC(=O)/C(=C\C3CCCCC3)c3cscn3)C(=O)N2[C@H]1C(=O)O. The molecule has 1 aliphatic carbocycles. The van der Waals surface area contributed by atoms with Crippen molar-refractivity contribution in [2.24, 2.45) is 5.92 Å². The lowest BCUT2D eigenvalue weighted by atomic mass is 9.87. The summed E-state index contributed by atoms with van der Waals surface area (Å²) in [4.78, 5) is 43.2. The molecule has 9 heteroatoms. The van der Waals surface area contributed by atoms with Crippen molar-refractivity contribution in [1.29, 1.82) is 0 Å². The highest BCUT2D eigenvalue weighted by Crippen LogP contribution is 2.50. The van der Waals surface area contributed by atoms with E-state index in [2.05, 4.69) is 10.3 Å². The van der Waals surface area contributed by atoms with Gasteiger partial charge >= 0.3 is 5.97 Å². The Balaban J connectivity index is 1.52. The molecule has 0 unspecified atom stereocenters. The van der Waals surface area contributed by atoms with Gasteiger partial charge in [0.05, 0.1) is 16.8 Å². The molecule has 1 aromatic rings. The lowest BCUT2D eigenvalue weighted by Crippen LogP contribution is -2.70. The van der Waals surface area contributed by atoms with Gasteiger partial charge in [0, 0.05) is 10.1 Å². The van der Waals surface area contributed by atoms with E-state index in [1.165, 1.54) is 34.4 Å². The number of thioether (sulfide) groups is 1. The van der Waals surface area contributed by atoms with E-state index in [0.29, 0.717) is 17.2 Å². The fourth-order valence-electron chi connectivity index (χ4n) is 4.52. The first-order chi connectivity index (χ1) is 13.8. The Kier molecular flexibility index (Phi) is 5.46. The smallest absolute Gasteiger partial charge is 0.327 e. The minimum Gasteiger partial charge on any atom is -0.480 e. The van der Waals surface area contributed by atoms with Crippen molar-refractivity contribution in [1.82, 2.24) is 15.2 Å². The largest absolute Gasteiger partial charge is 0.480 e. The number of β-lactam (4-membered cyclic amide) rings is 1. The molecule has 3 aliphatic rings. The van der Waals surface area contributed by atoms with Gasteiger partial charge < -0.3 is 15.3 Å². The predicted molar refractivity (Wildman–Crippen MR) is 112 cm³/mol. The lowest BCUT2D eigenvalue weighted by molar-refractivity contribution is -0.160. The molecule has 1 saturated carbocycles. The molecule has 3 fully saturated rings.